The van der Waals surface area contributed by atoms with Gasteiger partial charge >= 0.3 is 0 Å². The number of ether oxygens (including phenoxy) is 1. The van der Waals surface area contributed by atoms with Crippen molar-refractivity contribution in [3.63, 3.8) is 0 Å². The Labute approximate surface area is 123 Å². The average molecular weight is 319 g/mol. The van der Waals surface area contributed by atoms with E-state index in [2.05, 4.69) is 5.32 Å². The molecule has 1 N–H and O–H groups in total. The predicted molar refractivity (Wildman–Crippen MR) is 82.4 cm³/mol. The van der Waals surface area contributed by atoms with E-state index in [0.717, 1.165) is 17.6 Å². The fourth-order valence-corrected chi connectivity index (χ4v) is 4.64. The molecule has 0 aliphatic rings. The van der Waals surface area contributed by atoms with Gasteiger partial charge in [-0.25, -0.2) is 8.42 Å². The lowest BCUT2D eigenvalue weighted by Crippen LogP contribution is -2.25. The van der Waals surface area contributed by atoms with Crippen LogP contribution in [-0.2, 0) is 20.6 Å². The van der Waals surface area contributed by atoms with Crippen molar-refractivity contribution in [1.82, 2.24) is 5.32 Å². The Hall–Kier alpha value is -0.920. The molecule has 0 amide bonds. The van der Waals surface area contributed by atoms with Crippen molar-refractivity contribution < 1.29 is 17.4 Å². The van der Waals surface area contributed by atoms with Crippen LogP contribution in [0.5, 0.6) is 5.75 Å². The number of nitrogens with one attached hydrogen (secondary N) is 1. The lowest BCUT2D eigenvalue weighted by molar-refractivity contribution is 0.404. The Morgan fingerprint density at radius 2 is 2.00 bits per heavy atom. The van der Waals surface area contributed by atoms with E-state index in [4.69, 9.17) is 4.74 Å². The van der Waals surface area contributed by atoms with Gasteiger partial charge in [-0.15, -0.1) is 0 Å². The molecule has 7 heteroatoms. The zero-order valence-corrected chi connectivity index (χ0v) is 13.6. The first kappa shape index (κ1) is 17.1. The van der Waals surface area contributed by atoms with Gasteiger partial charge in [0.1, 0.15) is 15.6 Å². The summed E-state index contributed by atoms with van der Waals surface area (Å²) < 4.78 is 39.5. The van der Waals surface area contributed by atoms with E-state index < -0.39 is 20.6 Å². The van der Waals surface area contributed by atoms with Crippen LogP contribution in [0.2, 0.25) is 0 Å². The van der Waals surface area contributed by atoms with E-state index in [1.54, 1.807) is 14.2 Å². The van der Waals surface area contributed by atoms with E-state index in [1.807, 2.05) is 24.3 Å². The second kappa shape index (κ2) is 7.75. The van der Waals surface area contributed by atoms with Crippen LogP contribution < -0.4 is 10.1 Å². The highest BCUT2D eigenvalue weighted by Crippen LogP contribution is 2.25. The van der Waals surface area contributed by atoms with Gasteiger partial charge in [0.15, 0.2) is 0 Å². The van der Waals surface area contributed by atoms with Crippen molar-refractivity contribution in [1.29, 1.82) is 0 Å². The summed E-state index contributed by atoms with van der Waals surface area (Å²) in [6.45, 7) is 0. The van der Waals surface area contributed by atoms with Gasteiger partial charge in [0.25, 0.3) is 0 Å². The minimum atomic E-state index is -3.08. The SMILES string of the molecule is CNC(CS(=O)CCS(C)(=O)=O)c1ccccc1OC. The molecule has 1 aromatic carbocycles. The smallest absolute Gasteiger partial charge is 0.148 e. The van der Waals surface area contributed by atoms with Crippen LogP contribution >= 0.6 is 0 Å². The second-order valence-electron chi connectivity index (χ2n) is 4.52. The molecule has 0 radical (unpaired) electrons. The number of para-hydroxylation sites is 1. The van der Waals surface area contributed by atoms with Crippen molar-refractivity contribution in [2.24, 2.45) is 0 Å². The minimum absolute atomic E-state index is 0.0536. The van der Waals surface area contributed by atoms with Crippen LogP contribution in [0.3, 0.4) is 0 Å². The summed E-state index contributed by atoms with van der Waals surface area (Å²) in [6, 6.07) is 7.39. The highest BCUT2D eigenvalue weighted by atomic mass is 32.2. The molecule has 0 fully saturated rings. The highest BCUT2D eigenvalue weighted by Gasteiger charge is 2.17. The maximum absolute atomic E-state index is 12.0. The molecule has 5 nitrogen and oxygen atoms in total. The third kappa shape index (κ3) is 5.60. The normalized spacial score (nSPS) is 14.8. The summed E-state index contributed by atoms with van der Waals surface area (Å²) >= 11 is 0. The lowest BCUT2D eigenvalue weighted by atomic mass is 10.1. The highest BCUT2D eigenvalue weighted by molar-refractivity contribution is 7.92. The van der Waals surface area contributed by atoms with Crippen molar-refractivity contribution in [3.8, 4) is 5.75 Å². The first-order valence-electron chi connectivity index (χ1n) is 6.20. The summed E-state index contributed by atoms with van der Waals surface area (Å²) in [5.74, 6) is 1.19. The Balaban J connectivity index is 2.74. The van der Waals surface area contributed by atoms with E-state index in [0.29, 0.717) is 5.75 Å². The summed E-state index contributed by atoms with van der Waals surface area (Å²) in [6.07, 6.45) is 1.15. The third-order valence-corrected chi connectivity index (χ3v) is 5.47. The van der Waals surface area contributed by atoms with Crippen LogP contribution in [0.1, 0.15) is 11.6 Å². The summed E-state index contributed by atoms with van der Waals surface area (Å²) in [7, 11) is -0.910. The van der Waals surface area contributed by atoms with Crippen molar-refractivity contribution >= 4 is 20.6 Å². The average Bonchev–Trinajstić information content (AvgIpc) is 2.41. The first-order valence-corrected chi connectivity index (χ1v) is 9.75. The maximum Gasteiger partial charge on any atom is 0.148 e. The van der Waals surface area contributed by atoms with Gasteiger partial charge < -0.3 is 10.1 Å². The molecule has 0 spiro atoms. The molecule has 114 valence electrons. The van der Waals surface area contributed by atoms with Crippen LogP contribution in [0.4, 0.5) is 0 Å². The molecular weight excluding hydrogens is 298 g/mol. The third-order valence-electron chi connectivity index (χ3n) is 2.90. The van der Waals surface area contributed by atoms with E-state index >= 15 is 0 Å². The Bertz CT molecular complexity index is 557. The van der Waals surface area contributed by atoms with E-state index in [9.17, 15) is 12.6 Å². The maximum atomic E-state index is 12.0. The van der Waals surface area contributed by atoms with Gasteiger partial charge in [-0.1, -0.05) is 18.2 Å². The van der Waals surface area contributed by atoms with E-state index in [-0.39, 0.29) is 17.5 Å². The van der Waals surface area contributed by atoms with Gasteiger partial charge in [0, 0.05) is 40.2 Å². The monoisotopic (exact) mass is 319 g/mol. The fraction of sp³-hybridized carbons (Fsp3) is 0.538. The molecular formula is C13H21NO4S2. The molecule has 1 rings (SSSR count). The van der Waals surface area contributed by atoms with Crippen LogP contribution in [-0.4, -0.2) is 50.3 Å². The first-order chi connectivity index (χ1) is 9.37. The van der Waals surface area contributed by atoms with Gasteiger partial charge in [-0.05, 0) is 13.1 Å². The number of sulfone groups is 1. The molecule has 2 atom stereocenters. The Morgan fingerprint density at radius 3 is 2.55 bits per heavy atom. The van der Waals surface area contributed by atoms with E-state index in [1.165, 1.54) is 0 Å². The number of benzene rings is 1. The Morgan fingerprint density at radius 1 is 1.35 bits per heavy atom. The minimum Gasteiger partial charge on any atom is -0.496 e. The number of hydrogen-bond donors (Lipinski definition) is 1. The Kier molecular flexibility index (Phi) is 6.64. The summed E-state index contributed by atoms with van der Waals surface area (Å²) in [5, 5.41) is 3.10. The fourth-order valence-electron chi connectivity index (χ4n) is 1.80. The molecule has 1 aromatic rings. The second-order valence-corrected chi connectivity index (χ2v) is 8.40. The molecule has 0 heterocycles. The van der Waals surface area contributed by atoms with Crippen LogP contribution in [0, 0.1) is 0 Å². The van der Waals surface area contributed by atoms with Crippen molar-refractivity contribution in [3.05, 3.63) is 29.8 Å². The predicted octanol–water partition coefficient (Wildman–Crippen LogP) is 0.749. The molecule has 20 heavy (non-hydrogen) atoms. The van der Waals surface area contributed by atoms with Crippen LogP contribution in [0.25, 0.3) is 0 Å². The molecule has 0 aliphatic heterocycles. The standard InChI is InChI=1S/C13H21NO4S2/c1-14-12(10-19(15)8-9-20(3,16)17)11-6-4-5-7-13(11)18-2/h4-7,12,14H,8-10H2,1-3H3. The topological polar surface area (TPSA) is 72.5 Å². The summed E-state index contributed by atoms with van der Waals surface area (Å²) in [4.78, 5) is 0. The van der Waals surface area contributed by atoms with Gasteiger partial charge in [-0.3, -0.25) is 4.21 Å². The molecule has 0 saturated heterocycles. The number of rotatable bonds is 8. The largest absolute Gasteiger partial charge is 0.496 e. The van der Waals surface area contributed by atoms with Crippen LogP contribution in [0.15, 0.2) is 24.3 Å². The number of methoxy groups -OCH3 is 1. The van der Waals surface area contributed by atoms with Gasteiger partial charge in [0.2, 0.25) is 0 Å². The zero-order chi connectivity index (χ0) is 15.2. The van der Waals surface area contributed by atoms with Gasteiger partial charge in [0.05, 0.1) is 12.9 Å². The number of hydrogen-bond acceptors (Lipinski definition) is 5. The molecule has 0 saturated carbocycles. The lowest BCUT2D eigenvalue weighted by Gasteiger charge is -2.18. The molecule has 2 unspecified atom stereocenters. The van der Waals surface area contributed by atoms with Crippen molar-refractivity contribution in [2.45, 2.75) is 6.04 Å². The molecule has 0 aliphatic carbocycles. The quantitative estimate of drug-likeness (QED) is 0.765. The molecule has 0 aromatic heterocycles. The zero-order valence-electron chi connectivity index (χ0n) is 12.0. The molecule has 0 bridgehead atoms. The van der Waals surface area contributed by atoms with Crippen molar-refractivity contribution in [2.75, 3.05) is 37.7 Å². The van der Waals surface area contributed by atoms with Gasteiger partial charge in [-0.2, -0.15) is 0 Å². The summed E-state index contributed by atoms with van der Waals surface area (Å²) in [5.41, 5.74) is 0.921.